The van der Waals surface area contributed by atoms with Crippen LogP contribution in [-0.4, -0.2) is 37.7 Å². The third kappa shape index (κ3) is 12.0. The molecule has 7 nitrogen and oxygen atoms in total. The molecule has 1 fully saturated rings. The van der Waals surface area contributed by atoms with Crippen LogP contribution in [0.1, 0.15) is 113 Å². The Hall–Kier alpha value is -3.35. The van der Waals surface area contributed by atoms with E-state index in [-0.39, 0.29) is 30.7 Å². The molecule has 0 aliphatic heterocycles. The molecule has 0 heterocycles. The Labute approximate surface area is 244 Å². The van der Waals surface area contributed by atoms with Crippen molar-refractivity contribution in [3.63, 3.8) is 0 Å². The molecule has 2 aromatic rings. The maximum Gasteiger partial charge on any atom is 0.343 e. The zero-order valence-electron chi connectivity index (χ0n) is 24.7. The fraction of sp³-hybridized carbons (Fsp3) is 0.559. The number of carbonyl (C=O) groups is 3. The van der Waals surface area contributed by atoms with Gasteiger partial charge in [-0.25, -0.2) is 4.79 Å². The Morgan fingerprint density at radius 2 is 1.32 bits per heavy atom. The number of hydrogen-bond acceptors (Lipinski definition) is 7. The summed E-state index contributed by atoms with van der Waals surface area (Å²) in [4.78, 5) is 35.5. The van der Waals surface area contributed by atoms with Crippen LogP contribution >= 0.6 is 0 Å². The van der Waals surface area contributed by atoms with Crippen LogP contribution in [0.15, 0.2) is 48.5 Å². The van der Waals surface area contributed by atoms with E-state index < -0.39 is 0 Å². The van der Waals surface area contributed by atoms with Gasteiger partial charge >= 0.3 is 17.9 Å². The van der Waals surface area contributed by atoms with Gasteiger partial charge in [0.15, 0.2) is 0 Å². The van der Waals surface area contributed by atoms with E-state index in [1.807, 2.05) is 12.1 Å². The third-order valence-corrected chi connectivity index (χ3v) is 7.60. The summed E-state index contributed by atoms with van der Waals surface area (Å²) < 4.78 is 21.3. The van der Waals surface area contributed by atoms with E-state index in [2.05, 4.69) is 19.1 Å². The van der Waals surface area contributed by atoms with Crippen LogP contribution in [0.5, 0.6) is 11.5 Å². The van der Waals surface area contributed by atoms with Crippen molar-refractivity contribution in [2.45, 2.75) is 96.8 Å². The standard InChI is InChI=1S/C34H46O7/c1-3-9-26-10-12-27(13-11-26)28-14-20-31(21-15-28)41-34(37)29-16-18-30(19-17-29)39-24-7-5-6-8-25-40-33(36)23-22-32(35)38-4-2/h14-21,26-27H,3-13,22-25H2,1-2H3. The topological polar surface area (TPSA) is 88.1 Å². The average Bonchev–Trinajstić information content (AvgIpc) is 2.99. The van der Waals surface area contributed by atoms with Crippen molar-refractivity contribution >= 4 is 17.9 Å². The minimum Gasteiger partial charge on any atom is -0.494 e. The molecule has 0 bridgehead atoms. The summed E-state index contributed by atoms with van der Waals surface area (Å²) in [5.74, 6) is 1.63. The minimum absolute atomic E-state index is 0.0518. The van der Waals surface area contributed by atoms with Gasteiger partial charge in [-0.1, -0.05) is 31.9 Å². The Morgan fingerprint density at radius 3 is 1.95 bits per heavy atom. The highest BCUT2D eigenvalue weighted by molar-refractivity contribution is 5.91. The monoisotopic (exact) mass is 566 g/mol. The molecular formula is C34H46O7. The number of ether oxygens (including phenoxy) is 4. The van der Waals surface area contributed by atoms with E-state index in [1.54, 1.807) is 31.2 Å². The van der Waals surface area contributed by atoms with Crippen LogP contribution in [0, 0.1) is 5.92 Å². The lowest BCUT2D eigenvalue weighted by Gasteiger charge is -2.28. The number of rotatable bonds is 17. The van der Waals surface area contributed by atoms with Gasteiger partial charge in [-0.2, -0.15) is 0 Å². The molecule has 0 N–H and O–H groups in total. The van der Waals surface area contributed by atoms with Gasteiger partial charge in [0, 0.05) is 0 Å². The van der Waals surface area contributed by atoms with Crippen molar-refractivity contribution in [3.8, 4) is 11.5 Å². The van der Waals surface area contributed by atoms with Gasteiger partial charge in [0.1, 0.15) is 11.5 Å². The zero-order valence-corrected chi connectivity index (χ0v) is 24.7. The Morgan fingerprint density at radius 1 is 0.707 bits per heavy atom. The van der Waals surface area contributed by atoms with Gasteiger partial charge in [0.25, 0.3) is 0 Å². The summed E-state index contributed by atoms with van der Waals surface area (Å²) in [6.45, 7) is 5.23. The molecule has 1 aliphatic carbocycles. The van der Waals surface area contributed by atoms with Crippen molar-refractivity contribution < 1.29 is 33.3 Å². The number of carbonyl (C=O) groups excluding carboxylic acids is 3. The summed E-state index contributed by atoms with van der Waals surface area (Å²) in [5.41, 5.74) is 1.82. The molecular weight excluding hydrogens is 520 g/mol. The molecule has 1 saturated carbocycles. The smallest absolute Gasteiger partial charge is 0.343 e. The number of benzene rings is 2. The lowest BCUT2D eigenvalue weighted by Crippen LogP contribution is -2.13. The lowest BCUT2D eigenvalue weighted by atomic mass is 9.77. The number of unbranched alkanes of at least 4 members (excludes halogenated alkanes) is 3. The second-order valence-corrected chi connectivity index (χ2v) is 10.8. The first-order valence-corrected chi connectivity index (χ1v) is 15.3. The third-order valence-electron chi connectivity index (χ3n) is 7.60. The van der Waals surface area contributed by atoms with E-state index in [4.69, 9.17) is 18.9 Å². The van der Waals surface area contributed by atoms with Gasteiger partial charge in [-0.3, -0.25) is 9.59 Å². The summed E-state index contributed by atoms with van der Waals surface area (Å²) in [6.07, 6.45) is 11.4. The van der Waals surface area contributed by atoms with Crippen molar-refractivity contribution in [2.75, 3.05) is 19.8 Å². The van der Waals surface area contributed by atoms with Crippen LogP contribution in [0.2, 0.25) is 0 Å². The highest BCUT2D eigenvalue weighted by Gasteiger charge is 2.22. The largest absolute Gasteiger partial charge is 0.494 e. The van der Waals surface area contributed by atoms with E-state index in [1.165, 1.54) is 44.1 Å². The highest BCUT2D eigenvalue weighted by atomic mass is 16.5. The second kappa shape index (κ2) is 18.2. The van der Waals surface area contributed by atoms with Crippen molar-refractivity contribution in [1.29, 1.82) is 0 Å². The van der Waals surface area contributed by atoms with E-state index in [0.717, 1.165) is 31.6 Å². The van der Waals surface area contributed by atoms with Gasteiger partial charge in [0.2, 0.25) is 0 Å². The predicted octanol–water partition coefficient (Wildman–Crippen LogP) is 7.81. The first-order valence-electron chi connectivity index (χ1n) is 15.3. The summed E-state index contributed by atoms with van der Waals surface area (Å²) >= 11 is 0. The molecule has 0 unspecified atom stereocenters. The lowest BCUT2D eigenvalue weighted by molar-refractivity contribution is -0.150. The Bertz CT molecular complexity index is 1050. The molecule has 2 aromatic carbocycles. The van der Waals surface area contributed by atoms with Gasteiger partial charge in [-0.15, -0.1) is 0 Å². The quantitative estimate of drug-likeness (QED) is 0.110. The maximum atomic E-state index is 12.6. The molecule has 7 heteroatoms. The summed E-state index contributed by atoms with van der Waals surface area (Å²) in [7, 11) is 0. The van der Waals surface area contributed by atoms with Crippen LogP contribution in [-0.2, 0) is 19.1 Å². The average molecular weight is 567 g/mol. The molecule has 0 saturated heterocycles. The van der Waals surface area contributed by atoms with E-state index in [9.17, 15) is 14.4 Å². The molecule has 0 aromatic heterocycles. The van der Waals surface area contributed by atoms with Crippen LogP contribution < -0.4 is 9.47 Å². The van der Waals surface area contributed by atoms with Gasteiger partial charge in [-0.05, 0) is 112 Å². The van der Waals surface area contributed by atoms with Crippen LogP contribution in [0.25, 0.3) is 0 Å². The first kappa shape index (κ1) is 32.2. The van der Waals surface area contributed by atoms with E-state index >= 15 is 0 Å². The SMILES string of the molecule is CCCC1CCC(c2ccc(OC(=O)c3ccc(OCCCCCCOC(=O)CCC(=O)OCC)cc3)cc2)CC1. The molecule has 3 rings (SSSR count). The van der Waals surface area contributed by atoms with Crippen molar-refractivity contribution in [2.24, 2.45) is 5.92 Å². The Kier molecular flexibility index (Phi) is 14.2. The number of hydrogen-bond donors (Lipinski definition) is 0. The van der Waals surface area contributed by atoms with Gasteiger partial charge in [0.05, 0.1) is 38.2 Å². The van der Waals surface area contributed by atoms with Crippen LogP contribution in [0.3, 0.4) is 0 Å². The molecule has 0 amide bonds. The van der Waals surface area contributed by atoms with Crippen molar-refractivity contribution in [3.05, 3.63) is 59.7 Å². The minimum atomic E-state index is -0.383. The summed E-state index contributed by atoms with van der Waals surface area (Å²) in [5, 5.41) is 0. The normalized spacial score (nSPS) is 16.5. The maximum absolute atomic E-state index is 12.6. The summed E-state index contributed by atoms with van der Waals surface area (Å²) in [6, 6.07) is 15.0. The fourth-order valence-electron chi connectivity index (χ4n) is 5.30. The van der Waals surface area contributed by atoms with Crippen LogP contribution in [0.4, 0.5) is 0 Å². The molecule has 1 aliphatic rings. The molecule has 0 atom stereocenters. The molecule has 0 spiro atoms. The van der Waals surface area contributed by atoms with E-state index in [0.29, 0.717) is 42.8 Å². The fourth-order valence-corrected chi connectivity index (χ4v) is 5.30. The number of esters is 3. The van der Waals surface area contributed by atoms with Gasteiger partial charge < -0.3 is 18.9 Å². The molecule has 41 heavy (non-hydrogen) atoms. The zero-order chi connectivity index (χ0) is 29.3. The second-order valence-electron chi connectivity index (χ2n) is 10.8. The predicted molar refractivity (Wildman–Crippen MR) is 158 cm³/mol. The first-order chi connectivity index (χ1) is 20.0. The molecule has 224 valence electrons. The van der Waals surface area contributed by atoms with Crippen molar-refractivity contribution in [1.82, 2.24) is 0 Å². The highest BCUT2D eigenvalue weighted by Crippen LogP contribution is 2.37. The molecule has 0 radical (unpaired) electrons. The Balaban J connectivity index is 1.27.